The third-order valence-corrected chi connectivity index (χ3v) is 5.07. The summed E-state index contributed by atoms with van der Waals surface area (Å²) in [5.41, 5.74) is 0.00452. The van der Waals surface area contributed by atoms with Gasteiger partial charge in [0.05, 0.1) is 16.3 Å². The summed E-state index contributed by atoms with van der Waals surface area (Å²) in [6.07, 6.45) is -0.352. The van der Waals surface area contributed by atoms with Gasteiger partial charge in [0.25, 0.3) is 0 Å². The number of hydrogen-bond acceptors (Lipinski definition) is 4. The van der Waals surface area contributed by atoms with Crippen LogP contribution in [0.4, 0.5) is 13.2 Å². The number of carbonyl (C=O) groups excluding carboxylic acids is 1. The second-order valence-corrected chi connectivity index (χ2v) is 7.26. The van der Waals surface area contributed by atoms with Gasteiger partial charge in [0.1, 0.15) is 12.4 Å². The van der Waals surface area contributed by atoms with Crippen LogP contribution in [0.5, 0.6) is 0 Å². The molecule has 1 N–H and O–H groups in total. The molecule has 0 saturated carbocycles. The van der Waals surface area contributed by atoms with E-state index < -0.39 is 44.9 Å². The molecule has 0 spiro atoms. The molecule has 0 fully saturated rings. The number of halogens is 4. The predicted octanol–water partition coefficient (Wildman–Crippen LogP) is 3.17. The van der Waals surface area contributed by atoms with Gasteiger partial charge < -0.3 is 4.74 Å². The maximum absolute atomic E-state index is 13.5. The fraction of sp³-hybridized carbons (Fsp3) is 0.188. The number of esters is 1. The highest BCUT2D eigenvalue weighted by Crippen LogP contribution is 2.20. The first-order valence-corrected chi connectivity index (χ1v) is 9.10. The quantitative estimate of drug-likeness (QED) is 0.715. The summed E-state index contributed by atoms with van der Waals surface area (Å²) in [7, 11) is -4.12. The van der Waals surface area contributed by atoms with Crippen molar-refractivity contribution in [2.24, 2.45) is 0 Å². The standard InChI is InChI=1S/C16H13ClF3NO4S/c17-12-2-1-3-13(18)11(12)9-25-16(22)6-7-21-26(23,24)10-4-5-14(19)15(20)8-10/h1-5,8,21H,6-7,9H2. The molecule has 140 valence electrons. The molecule has 26 heavy (non-hydrogen) atoms. The summed E-state index contributed by atoms with van der Waals surface area (Å²) in [4.78, 5) is 11.1. The lowest BCUT2D eigenvalue weighted by molar-refractivity contribution is -0.144. The minimum Gasteiger partial charge on any atom is -0.461 e. The summed E-state index contributed by atoms with van der Waals surface area (Å²) >= 11 is 5.79. The Morgan fingerprint density at radius 3 is 2.46 bits per heavy atom. The van der Waals surface area contributed by atoms with E-state index in [9.17, 15) is 26.4 Å². The van der Waals surface area contributed by atoms with Crippen molar-refractivity contribution in [1.82, 2.24) is 4.72 Å². The highest BCUT2D eigenvalue weighted by molar-refractivity contribution is 7.89. The number of sulfonamides is 1. The molecule has 0 amide bonds. The molecule has 0 aromatic heterocycles. The Labute approximate surface area is 152 Å². The van der Waals surface area contributed by atoms with Crippen LogP contribution in [0.2, 0.25) is 5.02 Å². The molecule has 0 saturated heterocycles. The fourth-order valence-electron chi connectivity index (χ4n) is 1.91. The average Bonchev–Trinajstić information content (AvgIpc) is 2.56. The van der Waals surface area contributed by atoms with Gasteiger partial charge in [-0.2, -0.15) is 0 Å². The van der Waals surface area contributed by atoms with E-state index in [0.29, 0.717) is 12.1 Å². The van der Waals surface area contributed by atoms with Crippen molar-refractivity contribution in [2.75, 3.05) is 6.54 Å². The molecular formula is C16H13ClF3NO4S. The van der Waals surface area contributed by atoms with Gasteiger partial charge in [0.2, 0.25) is 10.0 Å². The Morgan fingerprint density at radius 1 is 1.08 bits per heavy atom. The van der Waals surface area contributed by atoms with Gasteiger partial charge in [-0.05, 0) is 30.3 Å². The maximum Gasteiger partial charge on any atom is 0.307 e. The van der Waals surface area contributed by atoms with Gasteiger partial charge in [-0.1, -0.05) is 17.7 Å². The van der Waals surface area contributed by atoms with E-state index in [2.05, 4.69) is 4.72 Å². The van der Waals surface area contributed by atoms with Crippen LogP contribution in [0, 0.1) is 17.5 Å². The molecule has 0 radical (unpaired) electrons. The molecule has 0 heterocycles. The minimum absolute atomic E-state index is 0.00452. The summed E-state index contributed by atoms with van der Waals surface area (Å²) in [5.74, 6) is -3.92. The van der Waals surface area contributed by atoms with Crippen LogP contribution >= 0.6 is 11.6 Å². The normalized spacial score (nSPS) is 11.4. The highest BCUT2D eigenvalue weighted by Gasteiger charge is 2.17. The lowest BCUT2D eigenvalue weighted by Gasteiger charge is -2.09. The van der Waals surface area contributed by atoms with Crippen LogP contribution in [-0.4, -0.2) is 20.9 Å². The first kappa shape index (κ1) is 20.2. The van der Waals surface area contributed by atoms with E-state index >= 15 is 0 Å². The van der Waals surface area contributed by atoms with Crippen LogP contribution in [0.15, 0.2) is 41.3 Å². The molecular weight excluding hydrogens is 395 g/mol. The van der Waals surface area contributed by atoms with Crippen molar-refractivity contribution in [3.8, 4) is 0 Å². The number of rotatable bonds is 7. The van der Waals surface area contributed by atoms with Crippen LogP contribution in [-0.2, 0) is 26.2 Å². The molecule has 0 unspecified atom stereocenters. The van der Waals surface area contributed by atoms with Gasteiger partial charge in [0, 0.05) is 12.1 Å². The Balaban J connectivity index is 1.86. The molecule has 0 aliphatic carbocycles. The third-order valence-electron chi connectivity index (χ3n) is 3.26. The molecule has 0 atom stereocenters. The number of nitrogens with one attached hydrogen (secondary N) is 1. The summed E-state index contributed by atoms with van der Waals surface area (Å²) in [5, 5.41) is 0.0943. The van der Waals surface area contributed by atoms with Crippen LogP contribution in [0.25, 0.3) is 0 Å². The smallest absolute Gasteiger partial charge is 0.307 e. The molecule has 2 aromatic carbocycles. The van der Waals surface area contributed by atoms with E-state index in [4.69, 9.17) is 16.3 Å². The van der Waals surface area contributed by atoms with E-state index in [1.807, 2.05) is 0 Å². The van der Waals surface area contributed by atoms with Crippen molar-refractivity contribution in [1.29, 1.82) is 0 Å². The van der Waals surface area contributed by atoms with Crippen molar-refractivity contribution >= 4 is 27.6 Å². The van der Waals surface area contributed by atoms with Gasteiger partial charge in [-0.25, -0.2) is 26.3 Å². The van der Waals surface area contributed by atoms with Crippen LogP contribution in [0.1, 0.15) is 12.0 Å². The SMILES string of the molecule is O=C(CCNS(=O)(=O)c1ccc(F)c(F)c1)OCc1c(F)cccc1Cl. The highest BCUT2D eigenvalue weighted by atomic mass is 35.5. The zero-order valence-corrected chi connectivity index (χ0v) is 14.7. The Kier molecular flexibility index (Phi) is 6.63. The van der Waals surface area contributed by atoms with Gasteiger partial charge in [-0.15, -0.1) is 0 Å². The zero-order chi connectivity index (χ0) is 19.3. The third kappa shape index (κ3) is 5.20. The second kappa shape index (κ2) is 8.52. The number of carbonyl (C=O) groups is 1. The molecule has 0 aliphatic heterocycles. The van der Waals surface area contributed by atoms with Crippen molar-refractivity contribution in [3.05, 3.63) is 64.4 Å². The van der Waals surface area contributed by atoms with Gasteiger partial charge >= 0.3 is 5.97 Å². The molecule has 0 bridgehead atoms. The fourth-order valence-corrected chi connectivity index (χ4v) is 3.17. The maximum atomic E-state index is 13.5. The topological polar surface area (TPSA) is 72.5 Å². The summed E-state index contributed by atoms with van der Waals surface area (Å²) in [6.45, 7) is -0.745. The minimum atomic E-state index is -4.12. The number of benzene rings is 2. The van der Waals surface area contributed by atoms with Crippen LogP contribution < -0.4 is 4.72 Å². The van der Waals surface area contributed by atoms with Crippen molar-refractivity contribution < 1.29 is 31.1 Å². The Bertz CT molecular complexity index is 901. The average molecular weight is 408 g/mol. The number of hydrogen-bond donors (Lipinski definition) is 1. The first-order valence-electron chi connectivity index (χ1n) is 7.24. The molecule has 10 heteroatoms. The van der Waals surface area contributed by atoms with E-state index in [1.54, 1.807) is 0 Å². The Hall–Kier alpha value is -2.10. The van der Waals surface area contributed by atoms with E-state index in [1.165, 1.54) is 12.1 Å². The monoisotopic (exact) mass is 407 g/mol. The molecule has 2 rings (SSSR count). The molecule has 2 aromatic rings. The lowest BCUT2D eigenvalue weighted by Crippen LogP contribution is -2.27. The number of ether oxygens (including phenoxy) is 1. The summed E-state index contributed by atoms with van der Waals surface area (Å²) in [6, 6.07) is 6.08. The van der Waals surface area contributed by atoms with E-state index in [0.717, 1.165) is 12.1 Å². The largest absolute Gasteiger partial charge is 0.461 e. The first-order chi connectivity index (χ1) is 12.2. The van der Waals surface area contributed by atoms with Crippen molar-refractivity contribution in [3.63, 3.8) is 0 Å². The lowest BCUT2D eigenvalue weighted by atomic mass is 10.2. The van der Waals surface area contributed by atoms with Crippen molar-refractivity contribution in [2.45, 2.75) is 17.9 Å². The zero-order valence-electron chi connectivity index (χ0n) is 13.1. The summed E-state index contributed by atoms with van der Waals surface area (Å²) < 4.78 is 70.2. The predicted molar refractivity (Wildman–Crippen MR) is 87.4 cm³/mol. The van der Waals surface area contributed by atoms with E-state index in [-0.39, 0.29) is 23.6 Å². The van der Waals surface area contributed by atoms with Gasteiger partial charge in [-0.3, -0.25) is 4.79 Å². The molecule has 0 aliphatic rings. The van der Waals surface area contributed by atoms with Crippen LogP contribution in [0.3, 0.4) is 0 Å². The van der Waals surface area contributed by atoms with Gasteiger partial charge in [0.15, 0.2) is 11.6 Å². The second-order valence-electron chi connectivity index (χ2n) is 5.08. The Morgan fingerprint density at radius 2 is 1.81 bits per heavy atom. The molecule has 5 nitrogen and oxygen atoms in total.